The fraction of sp³-hybridized carbons (Fsp3) is 0.0909. The lowest BCUT2D eigenvalue weighted by Crippen LogP contribution is -2.32. The molecule has 2 aromatic carbocycles. The number of nitrogens with zero attached hydrogens (tertiary/aromatic N) is 2. The molecule has 0 radical (unpaired) electrons. The molecule has 1 fully saturated rings. The molecular weight excluding hydrogens is 456 g/mol. The molecule has 2 heterocycles. The fourth-order valence-electron chi connectivity index (χ4n) is 2.98. The number of benzene rings is 2. The highest BCUT2D eigenvalue weighted by atomic mass is 35.5. The van der Waals surface area contributed by atoms with E-state index in [0.29, 0.717) is 22.8 Å². The van der Waals surface area contributed by atoms with Gasteiger partial charge in [0.15, 0.2) is 0 Å². The Balaban J connectivity index is 1.46. The summed E-state index contributed by atoms with van der Waals surface area (Å²) in [4.78, 5) is 36.7. The lowest BCUT2D eigenvalue weighted by molar-refractivity contribution is -0.384. The molecular formula is C22H15ClN2O6S. The number of carbonyl (C=O) groups excluding carboxylic acids is 2. The van der Waals surface area contributed by atoms with Gasteiger partial charge in [0.25, 0.3) is 16.8 Å². The Morgan fingerprint density at radius 2 is 1.91 bits per heavy atom. The van der Waals surface area contributed by atoms with Crippen LogP contribution in [0.25, 0.3) is 17.4 Å². The highest BCUT2D eigenvalue weighted by molar-refractivity contribution is 8.18. The summed E-state index contributed by atoms with van der Waals surface area (Å²) in [5.74, 6) is 0.829. The third-order valence-electron chi connectivity index (χ3n) is 4.53. The smallest absolute Gasteiger partial charge is 0.293 e. The molecule has 0 unspecified atom stereocenters. The van der Waals surface area contributed by atoms with E-state index in [-0.39, 0.29) is 28.8 Å². The van der Waals surface area contributed by atoms with Crippen LogP contribution in [0.2, 0.25) is 5.02 Å². The molecule has 0 saturated carbocycles. The quantitative estimate of drug-likeness (QED) is 0.250. The molecule has 2 amide bonds. The maximum atomic E-state index is 12.6. The van der Waals surface area contributed by atoms with E-state index >= 15 is 0 Å². The zero-order chi connectivity index (χ0) is 22.7. The Morgan fingerprint density at radius 1 is 1.12 bits per heavy atom. The number of para-hydroxylation sites is 1. The molecule has 0 aliphatic carbocycles. The summed E-state index contributed by atoms with van der Waals surface area (Å²) >= 11 is 6.95. The number of imide groups is 1. The Hall–Kier alpha value is -3.56. The third-order valence-corrected chi connectivity index (χ3v) is 5.76. The summed E-state index contributed by atoms with van der Waals surface area (Å²) in [7, 11) is 0. The van der Waals surface area contributed by atoms with Crippen LogP contribution in [0.15, 0.2) is 70.0 Å². The van der Waals surface area contributed by atoms with Gasteiger partial charge < -0.3 is 9.15 Å². The Bertz CT molecular complexity index is 1220. The van der Waals surface area contributed by atoms with E-state index in [1.165, 1.54) is 24.3 Å². The number of nitro groups is 1. The van der Waals surface area contributed by atoms with Gasteiger partial charge in [-0.15, -0.1) is 0 Å². The van der Waals surface area contributed by atoms with Gasteiger partial charge in [-0.25, -0.2) is 0 Å². The highest BCUT2D eigenvalue weighted by Gasteiger charge is 2.35. The summed E-state index contributed by atoms with van der Waals surface area (Å²) in [5, 5.41) is 10.9. The highest BCUT2D eigenvalue weighted by Crippen LogP contribution is 2.35. The number of carbonyl (C=O) groups is 2. The topological polar surface area (TPSA) is 103 Å². The van der Waals surface area contributed by atoms with Crippen LogP contribution < -0.4 is 4.74 Å². The lowest BCUT2D eigenvalue weighted by Gasteiger charge is -2.13. The molecule has 8 nitrogen and oxygen atoms in total. The van der Waals surface area contributed by atoms with Crippen LogP contribution >= 0.6 is 23.4 Å². The van der Waals surface area contributed by atoms with Crippen molar-refractivity contribution in [2.45, 2.75) is 0 Å². The molecule has 162 valence electrons. The maximum Gasteiger partial charge on any atom is 0.293 e. The van der Waals surface area contributed by atoms with Crippen LogP contribution in [0.5, 0.6) is 5.75 Å². The number of ether oxygens (including phenoxy) is 1. The molecule has 1 saturated heterocycles. The van der Waals surface area contributed by atoms with Crippen molar-refractivity contribution in [3.05, 3.63) is 86.5 Å². The van der Waals surface area contributed by atoms with Crippen molar-refractivity contribution in [1.82, 2.24) is 4.90 Å². The van der Waals surface area contributed by atoms with Crippen LogP contribution in [-0.4, -0.2) is 34.1 Å². The minimum absolute atomic E-state index is 0.115. The zero-order valence-corrected chi connectivity index (χ0v) is 18.0. The van der Waals surface area contributed by atoms with Crippen molar-refractivity contribution in [2.75, 3.05) is 13.2 Å². The molecule has 0 bridgehead atoms. The third kappa shape index (κ3) is 4.68. The molecule has 0 atom stereocenters. The van der Waals surface area contributed by atoms with Gasteiger partial charge in [-0.1, -0.05) is 29.8 Å². The van der Waals surface area contributed by atoms with Crippen LogP contribution in [0.4, 0.5) is 10.5 Å². The minimum Gasteiger partial charge on any atom is -0.492 e. The number of rotatable bonds is 7. The molecule has 1 aliphatic rings. The predicted molar refractivity (Wildman–Crippen MR) is 120 cm³/mol. The van der Waals surface area contributed by atoms with Gasteiger partial charge in [0, 0.05) is 23.8 Å². The maximum absolute atomic E-state index is 12.6. The molecule has 32 heavy (non-hydrogen) atoms. The van der Waals surface area contributed by atoms with Crippen molar-refractivity contribution in [2.24, 2.45) is 0 Å². The van der Waals surface area contributed by atoms with Crippen LogP contribution in [-0.2, 0) is 4.79 Å². The van der Waals surface area contributed by atoms with E-state index in [9.17, 15) is 19.7 Å². The standard InChI is InChI=1S/C22H15ClN2O6S/c23-18-8-6-14(25(28)29)12-17(18)19-9-7-16(31-19)13-20-21(26)24(22(27)32-20)10-11-30-15-4-2-1-3-5-15/h1-9,12-13H,10-11H2/b20-13-. The normalized spacial score (nSPS) is 14.9. The second-order valence-corrected chi connectivity index (χ2v) is 8.02. The largest absolute Gasteiger partial charge is 0.492 e. The van der Waals surface area contributed by atoms with E-state index in [2.05, 4.69) is 0 Å². The lowest BCUT2D eigenvalue weighted by atomic mass is 10.1. The van der Waals surface area contributed by atoms with Gasteiger partial charge >= 0.3 is 0 Å². The molecule has 0 N–H and O–H groups in total. The zero-order valence-electron chi connectivity index (χ0n) is 16.4. The van der Waals surface area contributed by atoms with E-state index < -0.39 is 16.1 Å². The summed E-state index contributed by atoms with van der Waals surface area (Å²) in [6, 6.07) is 16.3. The van der Waals surface area contributed by atoms with E-state index in [1.807, 2.05) is 18.2 Å². The number of furan rings is 1. The van der Waals surface area contributed by atoms with Crippen LogP contribution in [0.1, 0.15) is 5.76 Å². The molecule has 3 aromatic rings. The predicted octanol–water partition coefficient (Wildman–Crippen LogP) is 5.62. The molecule has 1 aliphatic heterocycles. The Labute approximate surface area is 191 Å². The number of non-ortho nitro benzene ring substituents is 1. The monoisotopic (exact) mass is 470 g/mol. The van der Waals surface area contributed by atoms with Crippen molar-refractivity contribution in [1.29, 1.82) is 0 Å². The van der Waals surface area contributed by atoms with Crippen molar-refractivity contribution >= 4 is 46.3 Å². The summed E-state index contributed by atoms with van der Waals surface area (Å²) < 4.78 is 11.3. The first-order valence-electron chi connectivity index (χ1n) is 9.40. The second-order valence-electron chi connectivity index (χ2n) is 6.62. The van der Waals surface area contributed by atoms with Gasteiger partial charge in [-0.05, 0) is 42.1 Å². The van der Waals surface area contributed by atoms with E-state index in [4.69, 9.17) is 20.8 Å². The number of hydrogen-bond acceptors (Lipinski definition) is 7. The number of amides is 2. The Kier molecular flexibility index (Phi) is 6.29. The molecule has 10 heteroatoms. The number of hydrogen-bond donors (Lipinski definition) is 0. The average Bonchev–Trinajstić information content (AvgIpc) is 3.34. The van der Waals surface area contributed by atoms with Gasteiger partial charge in [0.05, 0.1) is 21.4 Å². The van der Waals surface area contributed by atoms with E-state index in [1.54, 1.807) is 24.3 Å². The van der Waals surface area contributed by atoms with Gasteiger partial charge in [0.1, 0.15) is 23.9 Å². The average molecular weight is 471 g/mol. The molecule has 0 spiro atoms. The minimum atomic E-state index is -0.527. The first-order chi connectivity index (χ1) is 15.4. The number of halogens is 1. The van der Waals surface area contributed by atoms with Crippen LogP contribution in [0, 0.1) is 10.1 Å². The second kappa shape index (κ2) is 9.29. The summed E-state index contributed by atoms with van der Waals surface area (Å²) in [6.07, 6.45) is 1.46. The molecule has 1 aromatic heterocycles. The van der Waals surface area contributed by atoms with Crippen molar-refractivity contribution in [3.63, 3.8) is 0 Å². The first kappa shape index (κ1) is 21.7. The number of thioether (sulfide) groups is 1. The summed E-state index contributed by atoms with van der Waals surface area (Å²) in [6.45, 7) is 0.287. The van der Waals surface area contributed by atoms with Gasteiger partial charge in [-0.2, -0.15) is 0 Å². The number of nitro benzene ring substituents is 1. The SMILES string of the molecule is O=C1S/C(=C\c2ccc(-c3cc([N+](=O)[O-])ccc3Cl)o2)C(=O)N1CCOc1ccccc1. The molecule has 4 rings (SSSR count). The Morgan fingerprint density at radius 3 is 2.66 bits per heavy atom. The van der Waals surface area contributed by atoms with Crippen LogP contribution in [0.3, 0.4) is 0 Å². The fourth-order valence-corrected chi connectivity index (χ4v) is 4.04. The first-order valence-corrected chi connectivity index (χ1v) is 10.6. The van der Waals surface area contributed by atoms with Gasteiger partial charge in [0.2, 0.25) is 0 Å². The van der Waals surface area contributed by atoms with Gasteiger partial charge in [-0.3, -0.25) is 24.6 Å². The summed E-state index contributed by atoms with van der Waals surface area (Å²) in [5.41, 5.74) is 0.230. The van der Waals surface area contributed by atoms with E-state index in [0.717, 1.165) is 16.7 Å². The van der Waals surface area contributed by atoms with Crippen molar-refractivity contribution < 1.29 is 23.7 Å². The van der Waals surface area contributed by atoms with Crippen molar-refractivity contribution in [3.8, 4) is 17.1 Å².